The number of hydrogen-bond acceptors (Lipinski definition) is 4. The Bertz CT molecular complexity index is 823. The van der Waals surface area contributed by atoms with Crippen LogP contribution in [0.5, 0.6) is 17.2 Å². The maximum atomic E-state index is 13.6. The molecule has 130 valence electrons. The first kappa shape index (κ1) is 15.7. The number of ether oxygens (including phenoxy) is 3. The summed E-state index contributed by atoms with van der Waals surface area (Å²) >= 11 is 0. The van der Waals surface area contributed by atoms with Crippen LogP contribution in [0.2, 0.25) is 0 Å². The molecule has 1 unspecified atom stereocenters. The summed E-state index contributed by atoms with van der Waals surface area (Å²) in [4.78, 5) is 14.3. The molecule has 6 heteroatoms. The van der Waals surface area contributed by atoms with E-state index >= 15 is 0 Å². The molecule has 2 aromatic rings. The van der Waals surface area contributed by atoms with Crippen molar-refractivity contribution in [1.82, 2.24) is 4.90 Å². The fourth-order valence-corrected chi connectivity index (χ4v) is 3.33. The third-order valence-corrected chi connectivity index (χ3v) is 4.68. The number of carbonyl (C=O) groups excluding carboxylic acids is 1. The summed E-state index contributed by atoms with van der Waals surface area (Å²) in [6.45, 7) is 2.60. The van der Waals surface area contributed by atoms with Crippen LogP contribution in [0.3, 0.4) is 0 Å². The van der Waals surface area contributed by atoms with Crippen molar-refractivity contribution in [3.63, 3.8) is 0 Å². The molecule has 0 radical (unpaired) electrons. The van der Waals surface area contributed by atoms with Gasteiger partial charge in [0.15, 0.2) is 29.7 Å². The Labute approximate surface area is 144 Å². The molecule has 0 saturated carbocycles. The molecule has 0 fully saturated rings. The summed E-state index contributed by atoms with van der Waals surface area (Å²) in [6, 6.07) is 9.91. The summed E-state index contributed by atoms with van der Waals surface area (Å²) in [5, 5.41) is 0. The lowest BCUT2D eigenvalue weighted by atomic mass is 9.93. The zero-order valence-electron chi connectivity index (χ0n) is 13.8. The Hall–Kier alpha value is -2.76. The summed E-state index contributed by atoms with van der Waals surface area (Å²) in [7, 11) is 0. The molecule has 2 heterocycles. The van der Waals surface area contributed by atoms with Crippen molar-refractivity contribution in [1.29, 1.82) is 0 Å². The van der Waals surface area contributed by atoms with Gasteiger partial charge in [-0.1, -0.05) is 12.1 Å². The molecule has 0 aromatic heterocycles. The number of hydrogen-bond donors (Lipinski definition) is 0. The number of benzene rings is 2. The number of fused-ring (bicyclic) bond motifs is 2. The lowest BCUT2D eigenvalue weighted by Gasteiger charge is -2.35. The lowest BCUT2D eigenvalue weighted by molar-refractivity contribution is -0.136. The summed E-state index contributed by atoms with van der Waals surface area (Å²) in [6.07, 6.45) is 0.738. The van der Waals surface area contributed by atoms with E-state index in [1.165, 1.54) is 12.1 Å². The van der Waals surface area contributed by atoms with E-state index in [0.717, 1.165) is 23.3 Å². The fourth-order valence-electron chi connectivity index (χ4n) is 3.33. The molecule has 1 atom stereocenters. The minimum atomic E-state index is -0.472. The van der Waals surface area contributed by atoms with E-state index in [2.05, 4.69) is 0 Å². The third kappa shape index (κ3) is 2.88. The summed E-state index contributed by atoms with van der Waals surface area (Å²) in [5.74, 6) is 0.916. The van der Waals surface area contributed by atoms with E-state index in [-0.39, 0.29) is 31.1 Å². The molecule has 5 nitrogen and oxygen atoms in total. The monoisotopic (exact) mass is 343 g/mol. The number of halogens is 1. The number of nitrogens with zero attached hydrogens (tertiary/aromatic N) is 1. The molecule has 0 aliphatic carbocycles. The number of carbonyl (C=O) groups is 1. The molecular formula is C19H18FNO4. The van der Waals surface area contributed by atoms with Gasteiger partial charge in [-0.25, -0.2) is 4.39 Å². The van der Waals surface area contributed by atoms with Crippen LogP contribution in [-0.4, -0.2) is 30.8 Å². The third-order valence-electron chi connectivity index (χ3n) is 4.68. The van der Waals surface area contributed by atoms with Crippen LogP contribution in [0.15, 0.2) is 36.4 Å². The molecule has 2 aliphatic rings. The van der Waals surface area contributed by atoms with E-state index in [9.17, 15) is 9.18 Å². The van der Waals surface area contributed by atoms with Gasteiger partial charge in [-0.15, -0.1) is 0 Å². The molecule has 0 N–H and O–H groups in total. The largest absolute Gasteiger partial charge is 0.481 e. The highest BCUT2D eigenvalue weighted by atomic mass is 19.1. The number of amides is 1. The van der Waals surface area contributed by atoms with Crippen LogP contribution in [0.4, 0.5) is 4.39 Å². The van der Waals surface area contributed by atoms with Crippen molar-refractivity contribution in [2.45, 2.75) is 19.4 Å². The Morgan fingerprint density at radius 2 is 2.04 bits per heavy atom. The standard InChI is InChI=1S/C19H18FNO4/c1-12-14-9-18-17(24-11-25-18)8-13(14)6-7-21(12)19(22)10-23-16-5-3-2-4-15(16)20/h2-5,8-9,12H,6-7,10-11H2,1H3. The van der Waals surface area contributed by atoms with E-state index in [1.807, 2.05) is 19.1 Å². The van der Waals surface area contributed by atoms with Crippen LogP contribution in [0.25, 0.3) is 0 Å². The van der Waals surface area contributed by atoms with Gasteiger partial charge >= 0.3 is 0 Å². The zero-order valence-corrected chi connectivity index (χ0v) is 13.8. The highest BCUT2D eigenvalue weighted by Gasteiger charge is 2.30. The van der Waals surface area contributed by atoms with Gasteiger partial charge in [-0.2, -0.15) is 0 Å². The second-order valence-corrected chi connectivity index (χ2v) is 6.14. The van der Waals surface area contributed by atoms with Crippen molar-refractivity contribution in [2.24, 2.45) is 0 Å². The fraction of sp³-hybridized carbons (Fsp3) is 0.316. The van der Waals surface area contributed by atoms with E-state index < -0.39 is 5.82 Å². The van der Waals surface area contributed by atoms with Crippen LogP contribution in [0, 0.1) is 5.82 Å². The maximum absolute atomic E-state index is 13.6. The highest BCUT2D eigenvalue weighted by Crippen LogP contribution is 2.40. The molecule has 2 aliphatic heterocycles. The Morgan fingerprint density at radius 1 is 1.28 bits per heavy atom. The number of para-hydroxylation sites is 1. The van der Waals surface area contributed by atoms with Crippen LogP contribution in [-0.2, 0) is 11.2 Å². The first-order valence-corrected chi connectivity index (χ1v) is 8.22. The van der Waals surface area contributed by atoms with Gasteiger partial charge in [0.1, 0.15) is 0 Å². The van der Waals surface area contributed by atoms with Gasteiger partial charge in [-0.3, -0.25) is 4.79 Å². The van der Waals surface area contributed by atoms with E-state index in [4.69, 9.17) is 14.2 Å². The van der Waals surface area contributed by atoms with Crippen molar-refractivity contribution in [3.8, 4) is 17.2 Å². The average Bonchev–Trinajstić information content (AvgIpc) is 3.07. The molecule has 0 spiro atoms. The van der Waals surface area contributed by atoms with Gasteiger partial charge in [0.25, 0.3) is 5.91 Å². The molecule has 0 saturated heterocycles. The summed E-state index contributed by atoms with van der Waals surface area (Å²) < 4.78 is 29.8. The topological polar surface area (TPSA) is 48.0 Å². The predicted octanol–water partition coefficient (Wildman–Crippen LogP) is 3.08. The molecule has 2 aromatic carbocycles. The molecular weight excluding hydrogens is 325 g/mol. The zero-order chi connectivity index (χ0) is 17.4. The highest BCUT2D eigenvalue weighted by molar-refractivity contribution is 5.78. The smallest absolute Gasteiger partial charge is 0.261 e. The van der Waals surface area contributed by atoms with Gasteiger partial charge in [0.2, 0.25) is 6.79 Å². The normalized spacial score (nSPS) is 18.0. The molecule has 4 rings (SSSR count). The second-order valence-electron chi connectivity index (χ2n) is 6.14. The molecule has 25 heavy (non-hydrogen) atoms. The van der Waals surface area contributed by atoms with Crippen molar-refractivity contribution >= 4 is 5.91 Å². The second kappa shape index (κ2) is 6.27. The minimum absolute atomic E-state index is 0.0873. The van der Waals surface area contributed by atoms with Gasteiger partial charge in [0.05, 0.1) is 6.04 Å². The summed E-state index contributed by atoms with van der Waals surface area (Å²) in [5.41, 5.74) is 2.21. The van der Waals surface area contributed by atoms with Gasteiger partial charge < -0.3 is 19.1 Å². The Morgan fingerprint density at radius 3 is 2.84 bits per heavy atom. The lowest BCUT2D eigenvalue weighted by Crippen LogP contribution is -2.41. The minimum Gasteiger partial charge on any atom is -0.481 e. The van der Waals surface area contributed by atoms with Crippen molar-refractivity contribution in [2.75, 3.05) is 19.9 Å². The maximum Gasteiger partial charge on any atom is 0.261 e. The Balaban J connectivity index is 1.48. The predicted molar refractivity (Wildman–Crippen MR) is 88.3 cm³/mol. The van der Waals surface area contributed by atoms with E-state index in [1.54, 1.807) is 17.0 Å². The quantitative estimate of drug-likeness (QED) is 0.859. The van der Waals surface area contributed by atoms with Crippen LogP contribution >= 0.6 is 0 Å². The number of rotatable bonds is 3. The van der Waals surface area contributed by atoms with Gasteiger partial charge in [0, 0.05) is 6.54 Å². The first-order chi connectivity index (χ1) is 12.1. The average molecular weight is 343 g/mol. The molecule has 0 bridgehead atoms. The Kier molecular flexibility index (Phi) is 3.95. The van der Waals surface area contributed by atoms with Crippen molar-refractivity contribution < 1.29 is 23.4 Å². The van der Waals surface area contributed by atoms with Crippen LogP contribution < -0.4 is 14.2 Å². The van der Waals surface area contributed by atoms with Gasteiger partial charge in [-0.05, 0) is 48.7 Å². The first-order valence-electron chi connectivity index (χ1n) is 8.22. The molecule has 1 amide bonds. The van der Waals surface area contributed by atoms with E-state index in [0.29, 0.717) is 12.3 Å². The van der Waals surface area contributed by atoms with Crippen molar-refractivity contribution in [3.05, 3.63) is 53.3 Å². The van der Waals surface area contributed by atoms with Crippen LogP contribution in [0.1, 0.15) is 24.1 Å². The SMILES string of the molecule is CC1c2cc3c(cc2CCN1C(=O)COc1ccccc1F)OCO3.